The molecular weight excluding hydrogens is 330 g/mol. The summed E-state index contributed by atoms with van der Waals surface area (Å²) in [6.45, 7) is 0. The van der Waals surface area contributed by atoms with Gasteiger partial charge in [-0.25, -0.2) is 18.2 Å². The first kappa shape index (κ1) is 18.5. The SMILES string of the molecule is CN(C)C=CCS(=O)(=O)c1cn(C(CC2CCCC2)C(=O)O)cn1. The van der Waals surface area contributed by atoms with E-state index in [1.165, 1.54) is 17.1 Å². The second-order valence-corrected chi connectivity index (χ2v) is 8.51. The van der Waals surface area contributed by atoms with Gasteiger partial charge in [-0.2, -0.15) is 0 Å². The van der Waals surface area contributed by atoms with Crippen LogP contribution in [0.5, 0.6) is 0 Å². The summed E-state index contributed by atoms with van der Waals surface area (Å²) in [6.07, 6.45) is 10.7. The molecule has 1 atom stereocenters. The van der Waals surface area contributed by atoms with Gasteiger partial charge in [-0.3, -0.25) is 0 Å². The van der Waals surface area contributed by atoms with E-state index in [9.17, 15) is 18.3 Å². The first-order valence-corrected chi connectivity index (χ1v) is 9.77. The highest BCUT2D eigenvalue weighted by molar-refractivity contribution is 7.91. The van der Waals surface area contributed by atoms with Gasteiger partial charge in [-0.1, -0.05) is 31.8 Å². The van der Waals surface area contributed by atoms with Crippen molar-refractivity contribution in [1.29, 1.82) is 0 Å². The molecule has 1 aliphatic carbocycles. The summed E-state index contributed by atoms with van der Waals surface area (Å²) in [6, 6.07) is -0.762. The van der Waals surface area contributed by atoms with Crippen molar-refractivity contribution in [1.82, 2.24) is 14.5 Å². The number of hydrogen-bond donors (Lipinski definition) is 1. The van der Waals surface area contributed by atoms with E-state index in [2.05, 4.69) is 4.98 Å². The second kappa shape index (κ2) is 7.83. The molecule has 1 unspecified atom stereocenters. The lowest BCUT2D eigenvalue weighted by atomic mass is 9.98. The van der Waals surface area contributed by atoms with Crippen molar-refractivity contribution in [3.63, 3.8) is 0 Å². The number of aromatic nitrogens is 2. The Bertz CT molecular complexity index is 688. The highest BCUT2D eigenvalue weighted by Crippen LogP contribution is 2.32. The quantitative estimate of drug-likeness (QED) is 0.766. The van der Waals surface area contributed by atoms with Gasteiger partial charge in [0.15, 0.2) is 5.03 Å². The lowest BCUT2D eigenvalue weighted by Gasteiger charge is -2.17. The van der Waals surface area contributed by atoms with E-state index in [1.54, 1.807) is 31.3 Å². The lowest BCUT2D eigenvalue weighted by molar-refractivity contribution is -0.141. The Morgan fingerprint density at radius 3 is 2.71 bits per heavy atom. The minimum atomic E-state index is -3.56. The van der Waals surface area contributed by atoms with Crippen LogP contribution in [0.3, 0.4) is 0 Å². The van der Waals surface area contributed by atoms with Gasteiger partial charge in [0.05, 0.1) is 12.1 Å². The number of carboxylic acid groups (broad SMARTS) is 1. The third-order valence-electron chi connectivity index (χ3n) is 4.29. The van der Waals surface area contributed by atoms with Crippen LogP contribution in [0.25, 0.3) is 0 Å². The number of aliphatic carboxylic acids is 1. The third-order valence-corrected chi connectivity index (χ3v) is 5.77. The molecule has 0 spiro atoms. The third kappa shape index (κ3) is 4.83. The summed E-state index contributed by atoms with van der Waals surface area (Å²) in [5.41, 5.74) is 0. The van der Waals surface area contributed by atoms with Crippen LogP contribution in [0.2, 0.25) is 0 Å². The molecule has 7 nitrogen and oxygen atoms in total. The Morgan fingerprint density at radius 2 is 2.12 bits per heavy atom. The smallest absolute Gasteiger partial charge is 0.326 e. The number of carboxylic acids is 1. The summed E-state index contributed by atoms with van der Waals surface area (Å²) in [5, 5.41) is 9.41. The predicted octanol–water partition coefficient (Wildman–Crippen LogP) is 1.94. The Balaban J connectivity index is 2.13. The van der Waals surface area contributed by atoms with E-state index in [-0.39, 0.29) is 10.8 Å². The number of nitrogens with zero attached hydrogens (tertiary/aromatic N) is 3. The normalized spacial score (nSPS) is 17.4. The van der Waals surface area contributed by atoms with Gasteiger partial charge < -0.3 is 14.6 Å². The van der Waals surface area contributed by atoms with Crippen molar-refractivity contribution in [2.45, 2.75) is 43.2 Å². The molecule has 1 fully saturated rings. The molecule has 1 aromatic heterocycles. The van der Waals surface area contributed by atoms with Crippen molar-refractivity contribution in [3.8, 4) is 0 Å². The minimum absolute atomic E-state index is 0.0800. The van der Waals surface area contributed by atoms with Crippen LogP contribution in [0.15, 0.2) is 29.8 Å². The maximum Gasteiger partial charge on any atom is 0.326 e. The number of sulfone groups is 1. The van der Waals surface area contributed by atoms with Gasteiger partial charge in [0.1, 0.15) is 6.04 Å². The molecule has 0 saturated heterocycles. The van der Waals surface area contributed by atoms with Gasteiger partial charge in [0.25, 0.3) is 0 Å². The molecule has 0 aliphatic heterocycles. The molecule has 8 heteroatoms. The van der Waals surface area contributed by atoms with Crippen molar-refractivity contribution >= 4 is 15.8 Å². The zero-order chi connectivity index (χ0) is 17.7. The molecule has 1 N–H and O–H groups in total. The van der Waals surface area contributed by atoms with Crippen LogP contribution >= 0.6 is 0 Å². The molecule has 1 heterocycles. The Labute approximate surface area is 142 Å². The van der Waals surface area contributed by atoms with Gasteiger partial charge in [0.2, 0.25) is 9.84 Å². The van der Waals surface area contributed by atoms with Crippen LogP contribution in [0, 0.1) is 5.92 Å². The monoisotopic (exact) mass is 355 g/mol. The molecule has 1 aromatic rings. The molecule has 2 rings (SSSR count). The fourth-order valence-electron chi connectivity index (χ4n) is 3.03. The van der Waals surface area contributed by atoms with E-state index < -0.39 is 21.8 Å². The molecule has 0 aromatic carbocycles. The average molecular weight is 355 g/mol. The number of carbonyl (C=O) groups is 1. The van der Waals surface area contributed by atoms with Crippen molar-refractivity contribution in [2.75, 3.05) is 19.8 Å². The second-order valence-electron chi connectivity index (χ2n) is 6.53. The lowest BCUT2D eigenvalue weighted by Crippen LogP contribution is -2.20. The van der Waals surface area contributed by atoms with Crippen LogP contribution in [0.1, 0.15) is 38.1 Å². The first-order valence-electron chi connectivity index (χ1n) is 8.11. The summed E-state index contributed by atoms with van der Waals surface area (Å²) >= 11 is 0. The predicted molar refractivity (Wildman–Crippen MR) is 90.4 cm³/mol. The number of imidazole rings is 1. The summed E-state index contributed by atoms with van der Waals surface area (Å²) < 4.78 is 26.0. The van der Waals surface area contributed by atoms with Crippen LogP contribution < -0.4 is 0 Å². The van der Waals surface area contributed by atoms with Gasteiger partial charge in [-0.05, 0) is 18.5 Å². The number of rotatable bonds is 8. The Morgan fingerprint density at radius 1 is 1.46 bits per heavy atom. The summed E-state index contributed by atoms with van der Waals surface area (Å²) in [7, 11) is 0.0479. The van der Waals surface area contributed by atoms with E-state index in [0.717, 1.165) is 25.7 Å². The Kier molecular flexibility index (Phi) is 6.04. The molecule has 0 bridgehead atoms. The molecule has 1 saturated carbocycles. The van der Waals surface area contributed by atoms with Crippen molar-refractivity contribution in [2.24, 2.45) is 5.92 Å². The average Bonchev–Trinajstić information content (AvgIpc) is 3.15. The highest BCUT2D eigenvalue weighted by Gasteiger charge is 2.27. The van der Waals surface area contributed by atoms with Crippen molar-refractivity contribution in [3.05, 3.63) is 24.8 Å². The fourth-order valence-corrected chi connectivity index (χ4v) is 4.03. The largest absolute Gasteiger partial charge is 0.480 e. The van der Waals surface area contributed by atoms with Crippen LogP contribution in [-0.2, 0) is 14.6 Å². The standard InChI is InChI=1S/C16H25N3O4S/c1-18(2)8-5-9-24(22,23)15-11-19(12-17-15)14(16(20)21)10-13-6-3-4-7-13/h5,8,11-14H,3-4,6-7,9-10H2,1-2H3,(H,20,21). The minimum Gasteiger partial charge on any atom is -0.480 e. The van der Waals surface area contributed by atoms with Gasteiger partial charge in [0, 0.05) is 20.3 Å². The van der Waals surface area contributed by atoms with Gasteiger partial charge >= 0.3 is 5.97 Å². The topological polar surface area (TPSA) is 92.5 Å². The summed E-state index contributed by atoms with van der Waals surface area (Å²) in [5.74, 6) is -0.727. The van der Waals surface area contributed by atoms with E-state index in [0.29, 0.717) is 12.3 Å². The molecular formula is C16H25N3O4S. The van der Waals surface area contributed by atoms with Gasteiger partial charge in [-0.15, -0.1) is 0 Å². The van der Waals surface area contributed by atoms with E-state index >= 15 is 0 Å². The molecule has 0 amide bonds. The maximum absolute atomic E-state index is 12.3. The zero-order valence-electron chi connectivity index (χ0n) is 14.1. The zero-order valence-corrected chi connectivity index (χ0v) is 14.9. The van der Waals surface area contributed by atoms with Crippen molar-refractivity contribution < 1.29 is 18.3 Å². The van der Waals surface area contributed by atoms with E-state index in [1.807, 2.05) is 0 Å². The number of hydrogen-bond acceptors (Lipinski definition) is 5. The fraction of sp³-hybridized carbons (Fsp3) is 0.625. The first-order chi connectivity index (χ1) is 11.3. The maximum atomic E-state index is 12.3. The van der Waals surface area contributed by atoms with Crippen LogP contribution in [0.4, 0.5) is 0 Å². The molecule has 1 aliphatic rings. The molecule has 134 valence electrons. The molecule has 24 heavy (non-hydrogen) atoms. The summed E-state index contributed by atoms with van der Waals surface area (Å²) in [4.78, 5) is 17.3. The highest BCUT2D eigenvalue weighted by atomic mass is 32.2. The van der Waals surface area contributed by atoms with E-state index in [4.69, 9.17) is 0 Å². The van der Waals surface area contributed by atoms with Crippen LogP contribution in [-0.4, -0.2) is 53.8 Å². The Hall–Kier alpha value is -1.83. The molecule has 0 radical (unpaired) electrons.